The van der Waals surface area contributed by atoms with Crippen molar-refractivity contribution in [3.63, 3.8) is 0 Å². The van der Waals surface area contributed by atoms with Gasteiger partial charge in [0.15, 0.2) is 0 Å². The molecule has 0 aromatic rings. The highest BCUT2D eigenvalue weighted by Gasteiger charge is 1.93. The molecule has 48 valence electrons. The molecule has 2 N–H and O–H groups in total. The molecule has 0 aliphatic rings. The van der Waals surface area contributed by atoms with Crippen molar-refractivity contribution in [3.8, 4) is 0 Å². The number of nitrogens with zero attached hydrogens (tertiary/aromatic N) is 1. The summed E-state index contributed by atoms with van der Waals surface area (Å²) in [5.41, 5.74) is 0. The van der Waals surface area contributed by atoms with Gasteiger partial charge in [-0.3, -0.25) is 0 Å². The second kappa shape index (κ2) is 3.50. The van der Waals surface area contributed by atoms with Crippen LogP contribution in [0.1, 0.15) is 13.8 Å². The average molecular weight is 114 g/mol. The molecule has 0 spiro atoms. The van der Waals surface area contributed by atoms with Crippen molar-refractivity contribution in [2.24, 2.45) is 11.8 Å². The summed E-state index contributed by atoms with van der Waals surface area (Å²) >= 11 is 0. The minimum atomic E-state index is 0.609. The molecule has 0 saturated heterocycles. The van der Waals surface area contributed by atoms with E-state index in [0.717, 1.165) is 6.54 Å². The van der Waals surface area contributed by atoms with Gasteiger partial charge in [0.25, 0.3) is 0 Å². The Morgan fingerprint density at radius 3 is 2.38 bits per heavy atom. The topological polar surface area (TPSA) is 29.3 Å². The van der Waals surface area contributed by atoms with Crippen LogP contribution >= 0.6 is 0 Å². The summed E-state index contributed by atoms with van der Waals surface area (Å²) in [4.78, 5) is 0. The van der Waals surface area contributed by atoms with E-state index in [-0.39, 0.29) is 0 Å². The fraction of sp³-hybridized carbons (Fsp3) is 0.667. The van der Waals surface area contributed by atoms with E-state index in [2.05, 4.69) is 20.4 Å². The van der Waals surface area contributed by atoms with Gasteiger partial charge in [-0.25, -0.2) is 5.84 Å². The van der Waals surface area contributed by atoms with Crippen molar-refractivity contribution >= 4 is 0 Å². The van der Waals surface area contributed by atoms with Crippen LogP contribution in [0, 0.1) is 5.92 Å². The normalized spacial score (nSPS) is 9.50. The van der Waals surface area contributed by atoms with Crippen molar-refractivity contribution in [2.75, 3.05) is 6.54 Å². The molecule has 0 aliphatic heterocycles. The molecule has 2 nitrogen and oxygen atoms in total. The van der Waals surface area contributed by atoms with Gasteiger partial charge >= 0.3 is 0 Å². The summed E-state index contributed by atoms with van der Waals surface area (Å²) in [6.45, 7) is 8.62. The summed E-state index contributed by atoms with van der Waals surface area (Å²) in [6.07, 6.45) is 1.62. The molecular weight excluding hydrogens is 100 g/mol. The van der Waals surface area contributed by atoms with E-state index in [1.807, 2.05) is 0 Å². The summed E-state index contributed by atoms with van der Waals surface area (Å²) in [6, 6.07) is 0. The summed E-state index contributed by atoms with van der Waals surface area (Å²) in [7, 11) is 0. The molecule has 0 unspecified atom stereocenters. The number of rotatable bonds is 3. The quantitative estimate of drug-likeness (QED) is 0.437. The van der Waals surface area contributed by atoms with Gasteiger partial charge in [0.05, 0.1) is 0 Å². The number of hydrazine groups is 1. The molecule has 0 bridgehead atoms. The van der Waals surface area contributed by atoms with E-state index < -0.39 is 0 Å². The molecule has 0 aromatic heterocycles. The van der Waals surface area contributed by atoms with Crippen LogP contribution in [-0.2, 0) is 0 Å². The Hall–Kier alpha value is -0.500. The van der Waals surface area contributed by atoms with E-state index >= 15 is 0 Å². The average Bonchev–Trinajstić information content (AvgIpc) is 1.65. The highest BCUT2D eigenvalue weighted by molar-refractivity contribution is 4.64. The molecule has 0 heterocycles. The zero-order chi connectivity index (χ0) is 6.57. The molecule has 0 aromatic carbocycles. The maximum Gasteiger partial charge on any atom is 0.0358 e. The first kappa shape index (κ1) is 7.50. The minimum absolute atomic E-state index is 0.609. The summed E-state index contributed by atoms with van der Waals surface area (Å²) in [5.74, 6) is 6.00. The molecule has 0 aliphatic carbocycles. The third-order valence-corrected chi connectivity index (χ3v) is 0.810. The third-order valence-electron chi connectivity index (χ3n) is 0.810. The number of hydrogen-bond acceptors (Lipinski definition) is 2. The molecular formula is C6H14N2. The van der Waals surface area contributed by atoms with Crippen molar-refractivity contribution in [2.45, 2.75) is 13.8 Å². The minimum Gasteiger partial charge on any atom is -0.319 e. The third kappa shape index (κ3) is 3.68. The first-order chi connectivity index (χ1) is 3.66. The van der Waals surface area contributed by atoms with E-state index in [9.17, 15) is 0 Å². The lowest BCUT2D eigenvalue weighted by Gasteiger charge is -2.14. The van der Waals surface area contributed by atoms with Gasteiger partial charge in [-0.1, -0.05) is 20.4 Å². The van der Waals surface area contributed by atoms with Gasteiger partial charge in [-0.2, -0.15) is 0 Å². The Morgan fingerprint density at radius 1 is 1.75 bits per heavy atom. The summed E-state index contributed by atoms with van der Waals surface area (Å²) in [5, 5.41) is 1.59. The molecule has 2 heteroatoms. The van der Waals surface area contributed by atoms with E-state index in [1.165, 1.54) is 0 Å². The van der Waals surface area contributed by atoms with Crippen LogP contribution < -0.4 is 5.84 Å². The molecule has 0 radical (unpaired) electrons. The highest BCUT2D eigenvalue weighted by atomic mass is 15.4. The Balaban J connectivity index is 3.23. The zero-order valence-corrected chi connectivity index (χ0v) is 5.59. The molecule has 0 fully saturated rings. The fourth-order valence-electron chi connectivity index (χ4n) is 0.496. The lowest BCUT2D eigenvalue weighted by molar-refractivity contribution is 0.343. The lowest BCUT2D eigenvalue weighted by Crippen LogP contribution is -2.28. The van der Waals surface area contributed by atoms with Gasteiger partial charge in [0.2, 0.25) is 0 Å². The van der Waals surface area contributed by atoms with Gasteiger partial charge in [-0.05, 0) is 5.92 Å². The SMILES string of the molecule is C=CN(N)CC(C)C. The fourth-order valence-corrected chi connectivity index (χ4v) is 0.496. The van der Waals surface area contributed by atoms with Crippen LogP contribution in [0.25, 0.3) is 0 Å². The Morgan fingerprint density at radius 2 is 2.25 bits per heavy atom. The van der Waals surface area contributed by atoms with Crippen LogP contribution in [0.3, 0.4) is 0 Å². The lowest BCUT2D eigenvalue weighted by atomic mass is 10.2. The Bertz CT molecular complexity index is 68.9. The number of nitrogens with two attached hydrogens (primary N) is 1. The second-order valence-corrected chi connectivity index (χ2v) is 2.27. The van der Waals surface area contributed by atoms with Crippen molar-refractivity contribution < 1.29 is 0 Å². The largest absolute Gasteiger partial charge is 0.319 e. The molecule has 0 atom stereocenters. The van der Waals surface area contributed by atoms with Gasteiger partial charge in [-0.15, -0.1) is 0 Å². The van der Waals surface area contributed by atoms with E-state index in [0.29, 0.717) is 5.92 Å². The highest BCUT2D eigenvalue weighted by Crippen LogP contribution is 1.91. The van der Waals surface area contributed by atoms with Gasteiger partial charge in [0, 0.05) is 12.7 Å². The van der Waals surface area contributed by atoms with Crippen LogP contribution in [0.2, 0.25) is 0 Å². The zero-order valence-electron chi connectivity index (χ0n) is 5.59. The first-order valence-corrected chi connectivity index (χ1v) is 2.80. The maximum atomic E-state index is 5.39. The van der Waals surface area contributed by atoms with Crippen molar-refractivity contribution in [1.29, 1.82) is 0 Å². The number of hydrogen-bond donors (Lipinski definition) is 1. The van der Waals surface area contributed by atoms with Crippen LogP contribution in [-0.4, -0.2) is 11.6 Å². The van der Waals surface area contributed by atoms with Crippen LogP contribution in [0.5, 0.6) is 0 Å². The Kier molecular flexibility index (Phi) is 3.28. The smallest absolute Gasteiger partial charge is 0.0358 e. The van der Waals surface area contributed by atoms with Crippen molar-refractivity contribution in [1.82, 2.24) is 5.01 Å². The monoisotopic (exact) mass is 114 g/mol. The molecule has 8 heavy (non-hydrogen) atoms. The van der Waals surface area contributed by atoms with Gasteiger partial charge in [0.1, 0.15) is 0 Å². The predicted octanol–water partition coefficient (Wildman–Crippen LogP) is 0.962. The maximum absolute atomic E-state index is 5.39. The summed E-state index contributed by atoms with van der Waals surface area (Å²) < 4.78 is 0. The predicted molar refractivity (Wildman–Crippen MR) is 35.9 cm³/mol. The van der Waals surface area contributed by atoms with E-state index in [1.54, 1.807) is 11.2 Å². The molecule has 0 saturated carbocycles. The Labute approximate surface area is 50.9 Å². The standard InChI is InChI=1S/C6H14N2/c1-4-8(7)5-6(2)3/h4,6H,1,5,7H2,2-3H3. The van der Waals surface area contributed by atoms with Crippen LogP contribution in [0.4, 0.5) is 0 Å². The first-order valence-electron chi connectivity index (χ1n) is 2.80. The van der Waals surface area contributed by atoms with Gasteiger partial charge < -0.3 is 5.01 Å². The van der Waals surface area contributed by atoms with Crippen molar-refractivity contribution in [3.05, 3.63) is 12.8 Å². The second-order valence-electron chi connectivity index (χ2n) is 2.27. The van der Waals surface area contributed by atoms with E-state index in [4.69, 9.17) is 5.84 Å². The molecule has 0 rings (SSSR count). The van der Waals surface area contributed by atoms with Crippen LogP contribution in [0.15, 0.2) is 12.8 Å². The molecule has 0 amide bonds.